The van der Waals surface area contributed by atoms with E-state index < -0.39 is 59.9 Å². The summed E-state index contributed by atoms with van der Waals surface area (Å²) in [6.07, 6.45) is -2.29. The van der Waals surface area contributed by atoms with Gasteiger partial charge in [0.1, 0.15) is 0 Å². The van der Waals surface area contributed by atoms with Crippen molar-refractivity contribution >= 4 is 101 Å². The van der Waals surface area contributed by atoms with Crippen LogP contribution < -0.4 is 26.2 Å². The van der Waals surface area contributed by atoms with E-state index in [9.17, 15) is 16.4 Å². The lowest BCUT2D eigenvalue weighted by molar-refractivity contribution is 0.411. The van der Waals surface area contributed by atoms with Crippen molar-refractivity contribution in [2.75, 3.05) is 9.80 Å². The Bertz CT molecular complexity index is 6840. The molecule has 0 unspecified atom stereocenters. The van der Waals surface area contributed by atoms with Crippen LogP contribution in [-0.2, 0) is 52.7 Å². The molecule has 4 nitrogen and oxygen atoms in total. The summed E-state index contributed by atoms with van der Waals surface area (Å²) in [5.41, 5.74) is 23.9. The molecule has 15 aromatic rings. The van der Waals surface area contributed by atoms with E-state index in [4.69, 9.17) is 0 Å². The summed E-state index contributed by atoms with van der Waals surface area (Å²) in [5, 5.41) is 1.53. The van der Waals surface area contributed by atoms with E-state index in [0.29, 0.717) is 44.3 Å². The first-order valence-electron chi connectivity index (χ1n) is 50.4. The van der Waals surface area contributed by atoms with Gasteiger partial charge in [0.25, 0.3) is 6.71 Å². The molecule has 0 atom stereocenters. The first kappa shape index (κ1) is 70.5. The lowest BCUT2D eigenvalue weighted by atomic mass is 9.33. The predicted octanol–water partition coefficient (Wildman–Crippen LogP) is 31.5. The molecule has 626 valence electrons. The second-order valence-electron chi connectivity index (χ2n) is 45.0. The highest BCUT2D eigenvalue weighted by molar-refractivity contribution is 7.00. The van der Waals surface area contributed by atoms with Crippen LogP contribution in [0.2, 0.25) is 0 Å². The van der Waals surface area contributed by atoms with Crippen molar-refractivity contribution in [3.63, 3.8) is 0 Å². The van der Waals surface area contributed by atoms with Crippen molar-refractivity contribution in [3.8, 4) is 55.9 Å². The molecule has 0 bridgehead atoms. The molecule has 0 aliphatic carbocycles. The molecule has 2 aliphatic rings. The van der Waals surface area contributed by atoms with Gasteiger partial charge in [-0.1, -0.05) is 345 Å². The van der Waals surface area contributed by atoms with E-state index in [0.717, 1.165) is 147 Å². The summed E-state index contributed by atoms with van der Waals surface area (Å²) in [7, 11) is 0. The van der Waals surface area contributed by atoms with Crippen LogP contribution in [0, 0.1) is 21.7 Å². The first-order valence-corrected chi connectivity index (χ1v) is 44.4. The van der Waals surface area contributed by atoms with Crippen LogP contribution >= 0.6 is 0 Å². The monoisotopic (exact) mass is 1630 g/mol. The second-order valence-corrected chi connectivity index (χ2v) is 45.0. The quantitative estimate of drug-likeness (QED) is 0.113. The van der Waals surface area contributed by atoms with Crippen LogP contribution in [0.3, 0.4) is 0 Å². The van der Waals surface area contributed by atoms with Crippen LogP contribution in [0.4, 0.5) is 34.1 Å². The molecule has 0 amide bonds. The van der Waals surface area contributed by atoms with Gasteiger partial charge in [-0.15, -0.1) is 0 Å². The minimum Gasteiger partial charge on any atom is -0.310 e. The minimum absolute atomic E-state index is 0.176. The lowest BCUT2D eigenvalue weighted by Crippen LogP contribution is -2.61. The maximum atomic E-state index is 10.2. The zero-order valence-electron chi connectivity index (χ0n) is 89.9. The average molecular weight is 1630 g/mol. The van der Waals surface area contributed by atoms with Crippen LogP contribution in [0.1, 0.15) is 253 Å². The summed E-state index contributed by atoms with van der Waals surface area (Å²) in [5.74, 6) is 0. The van der Waals surface area contributed by atoms with Crippen molar-refractivity contribution in [1.82, 2.24) is 9.13 Å². The highest BCUT2D eigenvalue weighted by Crippen LogP contribution is 2.57. The number of aromatic nitrogens is 2. The van der Waals surface area contributed by atoms with Gasteiger partial charge in [0.2, 0.25) is 0 Å². The fraction of sp³-hybridized carbons (Fsp3) is 0.339. The Labute approximate surface area is 753 Å². The molecule has 13 aromatic carbocycles. The number of anilines is 6. The van der Waals surface area contributed by atoms with E-state index in [1.165, 1.54) is 0 Å². The molecule has 0 N–H and O–H groups in total. The molecule has 0 saturated heterocycles. The Morgan fingerprint density at radius 3 is 0.894 bits per heavy atom. The number of hydrogen-bond acceptors (Lipinski definition) is 2. The van der Waals surface area contributed by atoms with Crippen molar-refractivity contribution in [3.05, 3.63) is 305 Å². The highest BCUT2D eigenvalue weighted by atomic mass is 15.2. The Morgan fingerprint density at radius 1 is 0.276 bits per heavy atom. The molecule has 0 fully saturated rings. The maximum Gasteiger partial charge on any atom is 0.252 e. The molecule has 5 heteroatoms. The largest absolute Gasteiger partial charge is 0.310 e. The zero-order chi connectivity index (χ0) is 98.2. The fourth-order valence-electron chi connectivity index (χ4n) is 19.0. The number of para-hydroxylation sites is 2. The molecule has 2 aliphatic heterocycles. The molecule has 2 aromatic heterocycles. The van der Waals surface area contributed by atoms with Crippen molar-refractivity contribution in [2.24, 2.45) is 21.7 Å². The van der Waals surface area contributed by atoms with Gasteiger partial charge >= 0.3 is 0 Å². The average Bonchev–Trinajstić information content (AvgIpc) is 1.55. The standard InChI is InChI=1S/C118H131BN4/c1-110(2,3)70-74-48-54-101-95(56-74)89-44-28-30-46-99(89)120(101)87-50-52-97-103(68-87)122(108-91(78-36-32-40-82(62-78)114(13,14)15)58-76(72-112(7,8)9)59-92(108)79-37-33-41-83(63-79)115(16,17)18)105-66-86(118(25,26)27)67-106-107(105)119(97)98-53-51-88(121-100-47-31-29-45-90(100)96-57-75(49-55-102(96)121)71-111(4,5)6)69-104(98)123(106)109-93(80-38-34-42-84(64-80)116(19,20)21)60-77(73-113(10,11)12)61-94(109)81-39-35-43-85(65-81)117(22,23)24/h28-69H,70-73H2,1-27H3/i28D,29D,30D,31D,44D,45D,46D,47D,70D2,71D2. The van der Waals surface area contributed by atoms with Crippen LogP contribution in [0.25, 0.3) is 99.5 Å². The van der Waals surface area contributed by atoms with E-state index in [1.54, 1.807) is 12.1 Å². The first-order chi connectivity index (χ1) is 62.5. The highest BCUT2D eigenvalue weighted by Gasteiger charge is 2.47. The topological polar surface area (TPSA) is 16.3 Å². The number of nitrogens with zero attached hydrogens (tertiary/aromatic N) is 4. The van der Waals surface area contributed by atoms with Crippen molar-refractivity contribution in [1.29, 1.82) is 0 Å². The number of fused-ring (bicyclic) bond motifs is 10. The Morgan fingerprint density at radius 2 is 0.593 bits per heavy atom. The van der Waals surface area contributed by atoms with Crippen LogP contribution in [-0.4, -0.2) is 15.8 Å². The molecular formula is C118H131BN4. The van der Waals surface area contributed by atoms with Gasteiger partial charge in [-0.05, 0) is 260 Å². The maximum absolute atomic E-state index is 10.2. The number of hydrogen-bond donors (Lipinski definition) is 0. The molecule has 123 heavy (non-hydrogen) atoms. The van der Waals surface area contributed by atoms with Gasteiger partial charge in [0, 0.05) is 83.4 Å². The summed E-state index contributed by atoms with van der Waals surface area (Å²) < 4.78 is 122. The van der Waals surface area contributed by atoms with Gasteiger partial charge in [0.05, 0.1) is 44.4 Å². The third kappa shape index (κ3) is 16.3. The molecule has 0 saturated carbocycles. The third-order valence-electron chi connectivity index (χ3n) is 24.7. The summed E-state index contributed by atoms with van der Waals surface area (Å²) in [4.78, 5) is 5.13. The molecule has 0 spiro atoms. The van der Waals surface area contributed by atoms with Crippen molar-refractivity contribution < 1.29 is 16.4 Å². The SMILES string of the molecule is [2H]c1c([2H])c([2H])c2c(c1[2H])c1cc(C([2H])([2H])C(C)(C)C)ccc1n2-c1ccc2c(c1)N(c1c(-c3cccc(C(C)(C)C)c3)cc(CC(C)(C)C)cc1-c1cccc(C(C)(C)C)c1)c1cc(C(C)(C)C)cc3c1B2c1ccc(-n2c4ccc(C([2H])([2H])C(C)(C)C)cc4c4c([2H])c([2H])c([2H])c([2H])c42)cc1N3c1c(-c2cccc(C(C)(C)C)c2)cc(CC(C)(C)C)cc1-c1cccc(C(C)(C)C)c1. The zero-order valence-corrected chi connectivity index (χ0v) is 77.9. The number of rotatable bonds is 12. The Hall–Kier alpha value is -10.9. The lowest BCUT2D eigenvalue weighted by Gasteiger charge is -2.46. The summed E-state index contributed by atoms with van der Waals surface area (Å²) >= 11 is 0. The van der Waals surface area contributed by atoms with Gasteiger partial charge in [0.15, 0.2) is 0 Å². The molecule has 0 radical (unpaired) electrons. The normalized spacial score (nSPS) is 15.4. The van der Waals surface area contributed by atoms with E-state index >= 15 is 0 Å². The predicted molar refractivity (Wildman–Crippen MR) is 537 cm³/mol. The van der Waals surface area contributed by atoms with Crippen molar-refractivity contribution in [2.45, 2.75) is 240 Å². The molecule has 4 heterocycles. The van der Waals surface area contributed by atoms with Crippen LogP contribution in [0.5, 0.6) is 0 Å². The van der Waals surface area contributed by atoms with E-state index in [2.05, 4.69) is 325 Å². The molecule has 17 rings (SSSR count). The van der Waals surface area contributed by atoms with E-state index in [-0.39, 0.29) is 78.5 Å². The van der Waals surface area contributed by atoms with Gasteiger partial charge in [-0.25, -0.2) is 0 Å². The Kier molecular flexibility index (Phi) is 17.2. The summed E-state index contributed by atoms with van der Waals surface area (Å²) in [6, 6.07) is 72.8. The number of benzene rings is 13. The van der Waals surface area contributed by atoms with Gasteiger partial charge in [-0.3, -0.25) is 0 Å². The smallest absolute Gasteiger partial charge is 0.252 e. The van der Waals surface area contributed by atoms with Gasteiger partial charge < -0.3 is 18.9 Å². The van der Waals surface area contributed by atoms with Crippen LogP contribution in [0.15, 0.2) is 255 Å². The van der Waals surface area contributed by atoms with Gasteiger partial charge in [-0.2, -0.15) is 0 Å². The minimum atomic E-state index is -1.88. The van der Waals surface area contributed by atoms with E-state index in [1.807, 2.05) is 74.9 Å². The Balaban J connectivity index is 1.13. The molecular weight excluding hydrogens is 1480 g/mol. The summed E-state index contributed by atoms with van der Waals surface area (Å²) in [6.45, 7) is 58.6. The third-order valence-corrected chi connectivity index (χ3v) is 24.7. The fourth-order valence-corrected chi connectivity index (χ4v) is 19.0. The second kappa shape index (κ2) is 30.0.